The summed E-state index contributed by atoms with van der Waals surface area (Å²) < 4.78 is 6.60. The number of esters is 1. The van der Waals surface area contributed by atoms with Crippen molar-refractivity contribution >= 4 is 5.97 Å². The molecule has 0 N–H and O–H groups in total. The van der Waals surface area contributed by atoms with Crippen LogP contribution in [0.15, 0.2) is 6.33 Å². The van der Waals surface area contributed by atoms with Crippen molar-refractivity contribution in [2.45, 2.75) is 25.3 Å². The fraction of sp³-hybridized carbons (Fsp3) is 0.625. The van der Waals surface area contributed by atoms with Gasteiger partial charge in [-0.3, -0.25) is 4.79 Å². The van der Waals surface area contributed by atoms with Gasteiger partial charge in [-0.1, -0.05) is 0 Å². The molecule has 0 saturated carbocycles. The van der Waals surface area contributed by atoms with Gasteiger partial charge in [-0.15, -0.1) is 10.2 Å². The molecule has 1 atom stereocenters. The summed E-state index contributed by atoms with van der Waals surface area (Å²) in [5.74, 6) is 0.299. The van der Waals surface area contributed by atoms with Gasteiger partial charge in [0.05, 0.1) is 7.11 Å². The fourth-order valence-electron chi connectivity index (χ4n) is 1.67. The van der Waals surface area contributed by atoms with Gasteiger partial charge in [-0.25, -0.2) is 0 Å². The maximum absolute atomic E-state index is 11.3. The highest BCUT2D eigenvalue weighted by Crippen LogP contribution is 2.25. The van der Waals surface area contributed by atoms with Crippen molar-refractivity contribution in [2.24, 2.45) is 0 Å². The standard InChI is InChI=1S/C8H11N3O2/c1-13-8(12)6-3-2-4-11-5-9-10-7(6)11/h5-6H,2-4H2,1H3/t6-/m0/s1. The second-order valence-corrected chi connectivity index (χ2v) is 3.10. The Kier molecular flexibility index (Phi) is 2.00. The Hall–Kier alpha value is -1.39. The second-order valence-electron chi connectivity index (χ2n) is 3.10. The monoisotopic (exact) mass is 181 g/mol. The van der Waals surface area contributed by atoms with Crippen LogP contribution in [0.1, 0.15) is 24.6 Å². The topological polar surface area (TPSA) is 57.0 Å². The van der Waals surface area contributed by atoms with Crippen molar-refractivity contribution in [3.05, 3.63) is 12.2 Å². The Morgan fingerprint density at radius 2 is 2.62 bits per heavy atom. The third-order valence-electron chi connectivity index (χ3n) is 2.33. The van der Waals surface area contributed by atoms with Crippen LogP contribution in [0.3, 0.4) is 0 Å². The number of carbonyl (C=O) groups is 1. The number of nitrogens with zero attached hydrogens (tertiary/aromatic N) is 3. The quantitative estimate of drug-likeness (QED) is 0.586. The molecule has 5 heteroatoms. The summed E-state index contributed by atoms with van der Waals surface area (Å²) in [5, 5.41) is 7.70. The first-order valence-electron chi connectivity index (χ1n) is 4.28. The van der Waals surface area contributed by atoms with Crippen molar-refractivity contribution < 1.29 is 9.53 Å². The molecule has 2 rings (SSSR count). The lowest BCUT2D eigenvalue weighted by molar-refractivity contribution is -0.143. The Bertz CT molecular complexity index is 321. The summed E-state index contributed by atoms with van der Waals surface area (Å²) in [6.07, 6.45) is 3.45. The van der Waals surface area contributed by atoms with Gasteiger partial charge >= 0.3 is 5.97 Å². The van der Waals surface area contributed by atoms with Gasteiger partial charge in [0.15, 0.2) is 0 Å². The van der Waals surface area contributed by atoms with Gasteiger partial charge in [-0.05, 0) is 12.8 Å². The van der Waals surface area contributed by atoms with Crippen LogP contribution in [-0.2, 0) is 16.1 Å². The molecule has 0 unspecified atom stereocenters. The predicted molar refractivity (Wildman–Crippen MR) is 44.0 cm³/mol. The minimum atomic E-state index is -0.221. The first-order valence-corrected chi connectivity index (χ1v) is 4.28. The molecule has 1 aliphatic rings. The Morgan fingerprint density at radius 3 is 3.38 bits per heavy atom. The third kappa shape index (κ3) is 1.30. The van der Waals surface area contributed by atoms with Crippen LogP contribution in [-0.4, -0.2) is 27.8 Å². The summed E-state index contributed by atoms with van der Waals surface area (Å²) >= 11 is 0. The van der Waals surface area contributed by atoms with E-state index in [1.807, 2.05) is 4.57 Å². The van der Waals surface area contributed by atoms with E-state index < -0.39 is 0 Å². The van der Waals surface area contributed by atoms with Gasteiger partial charge in [-0.2, -0.15) is 0 Å². The average molecular weight is 181 g/mol. The number of aryl methyl sites for hydroxylation is 1. The van der Waals surface area contributed by atoms with Gasteiger partial charge in [0.1, 0.15) is 18.1 Å². The number of hydrogen-bond acceptors (Lipinski definition) is 4. The zero-order valence-electron chi connectivity index (χ0n) is 7.43. The van der Waals surface area contributed by atoms with Crippen LogP contribution in [0.25, 0.3) is 0 Å². The Labute approximate surface area is 75.7 Å². The van der Waals surface area contributed by atoms with Crippen molar-refractivity contribution in [3.8, 4) is 0 Å². The van der Waals surface area contributed by atoms with Crippen molar-refractivity contribution in [3.63, 3.8) is 0 Å². The second kappa shape index (κ2) is 3.16. The van der Waals surface area contributed by atoms with E-state index >= 15 is 0 Å². The van der Waals surface area contributed by atoms with E-state index in [1.165, 1.54) is 7.11 Å². The highest BCUT2D eigenvalue weighted by atomic mass is 16.5. The molecule has 0 aromatic carbocycles. The van der Waals surface area contributed by atoms with E-state index in [9.17, 15) is 4.79 Å². The molecule has 1 aromatic rings. The van der Waals surface area contributed by atoms with Gasteiger partial charge in [0.2, 0.25) is 0 Å². The number of methoxy groups -OCH3 is 1. The van der Waals surface area contributed by atoms with Crippen LogP contribution < -0.4 is 0 Å². The largest absolute Gasteiger partial charge is 0.468 e. The van der Waals surface area contributed by atoms with E-state index in [-0.39, 0.29) is 11.9 Å². The Balaban J connectivity index is 2.30. The first kappa shape index (κ1) is 8.22. The van der Waals surface area contributed by atoms with Gasteiger partial charge in [0, 0.05) is 6.54 Å². The molecule has 0 spiro atoms. The highest BCUT2D eigenvalue weighted by Gasteiger charge is 2.29. The van der Waals surface area contributed by atoms with Crippen molar-refractivity contribution in [2.75, 3.05) is 7.11 Å². The minimum Gasteiger partial charge on any atom is -0.468 e. The minimum absolute atomic E-state index is 0.214. The zero-order chi connectivity index (χ0) is 9.26. The lowest BCUT2D eigenvalue weighted by Crippen LogP contribution is -2.23. The molecule has 70 valence electrons. The number of rotatable bonds is 1. The smallest absolute Gasteiger partial charge is 0.316 e. The molecular formula is C8H11N3O2. The maximum atomic E-state index is 11.3. The van der Waals surface area contributed by atoms with E-state index in [2.05, 4.69) is 10.2 Å². The molecule has 0 radical (unpaired) electrons. The molecule has 0 fully saturated rings. The Morgan fingerprint density at radius 1 is 1.77 bits per heavy atom. The lowest BCUT2D eigenvalue weighted by Gasteiger charge is -2.19. The molecule has 0 bridgehead atoms. The zero-order valence-corrected chi connectivity index (χ0v) is 7.43. The lowest BCUT2D eigenvalue weighted by atomic mass is 9.99. The molecule has 1 aliphatic heterocycles. The highest BCUT2D eigenvalue weighted by molar-refractivity contribution is 5.77. The molecule has 0 amide bonds. The normalized spacial score (nSPS) is 20.8. The number of ether oxygens (including phenoxy) is 1. The summed E-state index contributed by atoms with van der Waals surface area (Å²) in [5.41, 5.74) is 0. The van der Waals surface area contributed by atoms with Crippen LogP contribution in [0.4, 0.5) is 0 Å². The van der Waals surface area contributed by atoms with Crippen LogP contribution >= 0.6 is 0 Å². The summed E-state index contributed by atoms with van der Waals surface area (Å²) in [6, 6.07) is 0. The molecule has 1 aromatic heterocycles. The van der Waals surface area contributed by atoms with Crippen molar-refractivity contribution in [1.29, 1.82) is 0 Å². The SMILES string of the molecule is COC(=O)[C@H]1CCCn2cnnc21. The van der Waals surface area contributed by atoms with E-state index in [1.54, 1.807) is 6.33 Å². The van der Waals surface area contributed by atoms with Crippen molar-refractivity contribution in [1.82, 2.24) is 14.8 Å². The summed E-state index contributed by atoms with van der Waals surface area (Å²) in [4.78, 5) is 11.3. The first-order chi connectivity index (χ1) is 6.33. The van der Waals surface area contributed by atoms with Crippen LogP contribution in [0.5, 0.6) is 0 Å². The average Bonchev–Trinajstić information content (AvgIpc) is 2.63. The van der Waals surface area contributed by atoms with Crippen LogP contribution in [0.2, 0.25) is 0 Å². The number of carbonyl (C=O) groups excluding carboxylic acids is 1. The third-order valence-corrected chi connectivity index (χ3v) is 2.33. The maximum Gasteiger partial charge on any atom is 0.316 e. The summed E-state index contributed by atoms with van der Waals surface area (Å²) in [6.45, 7) is 0.899. The molecule has 2 heterocycles. The van der Waals surface area contributed by atoms with E-state index in [4.69, 9.17) is 4.74 Å². The molecular weight excluding hydrogens is 170 g/mol. The molecule has 0 aliphatic carbocycles. The van der Waals surface area contributed by atoms with E-state index in [0.717, 1.165) is 25.2 Å². The van der Waals surface area contributed by atoms with Gasteiger partial charge < -0.3 is 9.30 Å². The predicted octanol–water partition coefficient (Wildman–Crippen LogP) is 0.328. The number of hydrogen-bond donors (Lipinski definition) is 0. The number of aromatic nitrogens is 3. The molecule has 0 saturated heterocycles. The fourth-order valence-corrected chi connectivity index (χ4v) is 1.67. The summed E-state index contributed by atoms with van der Waals surface area (Å²) in [7, 11) is 1.40. The van der Waals surface area contributed by atoms with Crippen LogP contribution in [0, 0.1) is 0 Å². The molecule has 5 nitrogen and oxygen atoms in total. The van der Waals surface area contributed by atoms with E-state index in [0.29, 0.717) is 0 Å². The molecule has 13 heavy (non-hydrogen) atoms. The number of fused-ring (bicyclic) bond motifs is 1. The van der Waals surface area contributed by atoms with Gasteiger partial charge in [0.25, 0.3) is 0 Å².